The molecule has 0 aliphatic heterocycles. The predicted molar refractivity (Wildman–Crippen MR) is 120 cm³/mol. The summed E-state index contributed by atoms with van der Waals surface area (Å²) in [7, 11) is -3.66. The number of sulfonamides is 1. The van der Waals surface area contributed by atoms with Crippen LogP contribution in [0.1, 0.15) is 26.2 Å². The molecule has 0 aliphatic carbocycles. The quantitative estimate of drug-likeness (QED) is 0.502. The molecule has 7 nitrogen and oxygen atoms in total. The summed E-state index contributed by atoms with van der Waals surface area (Å²) < 4.78 is 32.5. The molecule has 1 amide bonds. The van der Waals surface area contributed by atoms with Gasteiger partial charge in [0.25, 0.3) is 0 Å². The maximum atomic E-state index is 12.7. The Morgan fingerprint density at radius 3 is 2.52 bits per heavy atom. The maximum Gasteiger partial charge on any atom is 0.243 e. The highest BCUT2D eigenvalue weighted by Crippen LogP contribution is 2.27. The smallest absolute Gasteiger partial charge is 0.243 e. The number of benzene rings is 2. The van der Waals surface area contributed by atoms with Gasteiger partial charge in [-0.1, -0.05) is 55.8 Å². The zero-order valence-corrected chi connectivity index (χ0v) is 18.9. The predicted octanol–water partition coefficient (Wildman–Crippen LogP) is 4.60. The van der Waals surface area contributed by atoms with E-state index < -0.39 is 10.0 Å². The summed E-state index contributed by atoms with van der Waals surface area (Å²) in [6.07, 6.45) is 2.03. The van der Waals surface area contributed by atoms with Crippen molar-refractivity contribution in [2.24, 2.45) is 0 Å². The largest absolute Gasteiger partial charge is 0.441 e. The first kappa shape index (κ1) is 23.0. The number of hydrogen-bond acceptors (Lipinski definition) is 5. The number of halogens is 1. The van der Waals surface area contributed by atoms with Crippen molar-refractivity contribution in [1.82, 2.24) is 9.29 Å². The van der Waals surface area contributed by atoms with Crippen molar-refractivity contribution in [2.75, 3.05) is 18.4 Å². The molecule has 0 aliphatic rings. The number of carbonyl (C=O) groups excluding carboxylic acids is 1. The van der Waals surface area contributed by atoms with E-state index in [0.29, 0.717) is 31.2 Å². The minimum Gasteiger partial charge on any atom is -0.441 e. The van der Waals surface area contributed by atoms with E-state index in [2.05, 4.69) is 10.3 Å². The van der Waals surface area contributed by atoms with Gasteiger partial charge >= 0.3 is 0 Å². The normalized spacial score (nSPS) is 11.6. The third kappa shape index (κ3) is 5.52. The first-order valence-electron chi connectivity index (χ1n) is 9.94. The van der Waals surface area contributed by atoms with Crippen molar-refractivity contribution in [3.63, 3.8) is 0 Å². The highest BCUT2D eigenvalue weighted by Gasteiger charge is 2.23. The van der Waals surface area contributed by atoms with Gasteiger partial charge in [0.15, 0.2) is 11.7 Å². The van der Waals surface area contributed by atoms with Crippen LogP contribution < -0.4 is 5.32 Å². The van der Waals surface area contributed by atoms with E-state index in [1.807, 2.05) is 30.3 Å². The number of nitrogens with zero attached hydrogens (tertiary/aromatic N) is 2. The lowest BCUT2D eigenvalue weighted by Crippen LogP contribution is -2.30. The Morgan fingerprint density at radius 1 is 1.13 bits per heavy atom. The highest BCUT2D eigenvalue weighted by atomic mass is 35.5. The molecule has 0 radical (unpaired) electrons. The van der Waals surface area contributed by atoms with Gasteiger partial charge in [-0.15, -0.1) is 0 Å². The lowest BCUT2D eigenvalue weighted by molar-refractivity contribution is -0.116. The molecule has 0 spiro atoms. The number of hydrogen-bond donors (Lipinski definition) is 1. The highest BCUT2D eigenvalue weighted by molar-refractivity contribution is 7.89. The Labute approximate surface area is 187 Å². The van der Waals surface area contributed by atoms with E-state index in [9.17, 15) is 13.2 Å². The van der Waals surface area contributed by atoms with Crippen molar-refractivity contribution >= 4 is 33.2 Å². The maximum absolute atomic E-state index is 12.7. The van der Waals surface area contributed by atoms with Crippen LogP contribution in [0.2, 0.25) is 5.02 Å². The standard InChI is InChI=1S/C22H24ClN3O4S/c1-3-26(4-2)31(28,29)17-10-11-18(23)19(14-17)25-21(27)12-13-22-24-15-20(30-22)16-8-6-5-7-9-16/h5-11,14-15H,3-4,12-13H2,1-2H3,(H,25,27). The molecule has 0 saturated heterocycles. The van der Waals surface area contributed by atoms with Crippen molar-refractivity contribution < 1.29 is 17.6 Å². The monoisotopic (exact) mass is 461 g/mol. The summed E-state index contributed by atoms with van der Waals surface area (Å²) in [4.78, 5) is 16.7. The average molecular weight is 462 g/mol. The molecule has 9 heteroatoms. The number of carbonyl (C=O) groups is 1. The van der Waals surface area contributed by atoms with Gasteiger partial charge in [-0.3, -0.25) is 4.79 Å². The summed E-state index contributed by atoms with van der Waals surface area (Å²) in [6.45, 7) is 4.24. The number of oxazole rings is 1. The molecule has 3 aromatic rings. The van der Waals surface area contributed by atoms with Gasteiger partial charge in [-0.2, -0.15) is 4.31 Å². The zero-order valence-electron chi connectivity index (χ0n) is 17.3. The Balaban J connectivity index is 1.66. The summed E-state index contributed by atoms with van der Waals surface area (Å²) in [5, 5.41) is 2.94. The van der Waals surface area contributed by atoms with Crippen LogP contribution >= 0.6 is 11.6 Å². The molecule has 0 atom stereocenters. The molecular weight excluding hydrogens is 438 g/mol. The van der Waals surface area contributed by atoms with Crippen LogP contribution in [0.4, 0.5) is 5.69 Å². The van der Waals surface area contributed by atoms with Gasteiger partial charge in [0, 0.05) is 31.5 Å². The molecule has 0 bridgehead atoms. The van der Waals surface area contributed by atoms with E-state index in [4.69, 9.17) is 16.0 Å². The van der Waals surface area contributed by atoms with Crippen LogP contribution in [0.5, 0.6) is 0 Å². The number of aromatic nitrogens is 1. The fourth-order valence-corrected chi connectivity index (χ4v) is 4.72. The number of nitrogens with one attached hydrogen (secondary N) is 1. The first-order chi connectivity index (χ1) is 14.8. The molecule has 0 saturated carbocycles. The van der Waals surface area contributed by atoms with Gasteiger partial charge < -0.3 is 9.73 Å². The van der Waals surface area contributed by atoms with Crippen molar-refractivity contribution in [3.05, 3.63) is 65.6 Å². The van der Waals surface area contributed by atoms with Crippen LogP contribution in [-0.2, 0) is 21.2 Å². The Kier molecular flexibility index (Phi) is 7.48. The Bertz CT molecular complexity index is 1140. The lowest BCUT2D eigenvalue weighted by atomic mass is 10.2. The van der Waals surface area contributed by atoms with Crippen LogP contribution in [0, 0.1) is 0 Å². The van der Waals surface area contributed by atoms with E-state index >= 15 is 0 Å². The SMILES string of the molecule is CCN(CC)S(=O)(=O)c1ccc(Cl)c(NC(=O)CCc2ncc(-c3ccccc3)o2)c1. The summed E-state index contributed by atoms with van der Waals surface area (Å²) >= 11 is 6.17. The first-order valence-corrected chi connectivity index (χ1v) is 11.8. The van der Waals surface area contributed by atoms with Gasteiger partial charge in [-0.05, 0) is 18.2 Å². The molecule has 0 fully saturated rings. The van der Waals surface area contributed by atoms with E-state index in [0.717, 1.165) is 5.56 Å². The second-order valence-electron chi connectivity index (χ2n) is 6.76. The Hall–Kier alpha value is -2.68. The van der Waals surface area contributed by atoms with Gasteiger partial charge in [-0.25, -0.2) is 13.4 Å². The minimum atomic E-state index is -3.66. The molecule has 1 N–H and O–H groups in total. The van der Waals surface area contributed by atoms with Gasteiger partial charge in [0.2, 0.25) is 15.9 Å². The number of rotatable bonds is 9. The van der Waals surface area contributed by atoms with Crippen LogP contribution in [0.3, 0.4) is 0 Å². The fraction of sp³-hybridized carbons (Fsp3) is 0.273. The third-order valence-corrected chi connectivity index (χ3v) is 7.11. The van der Waals surface area contributed by atoms with E-state index in [1.165, 1.54) is 22.5 Å². The van der Waals surface area contributed by atoms with Crippen LogP contribution in [0.25, 0.3) is 11.3 Å². The average Bonchev–Trinajstić information content (AvgIpc) is 3.24. The second-order valence-corrected chi connectivity index (χ2v) is 9.11. The molecule has 3 rings (SSSR count). The molecular formula is C22H24ClN3O4S. The Morgan fingerprint density at radius 2 is 1.84 bits per heavy atom. The second kappa shape index (κ2) is 10.1. The summed E-state index contributed by atoms with van der Waals surface area (Å²) in [5.41, 5.74) is 1.15. The minimum absolute atomic E-state index is 0.0797. The van der Waals surface area contributed by atoms with Crippen molar-refractivity contribution in [3.8, 4) is 11.3 Å². The molecule has 1 heterocycles. The fourth-order valence-electron chi connectivity index (χ4n) is 3.07. The molecule has 2 aromatic carbocycles. The van der Waals surface area contributed by atoms with Crippen LogP contribution in [-0.4, -0.2) is 36.7 Å². The molecule has 164 valence electrons. The third-order valence-electron chi connectivity index (χ3n) is 4.73. The van der Waals surface area contributed by atoms with Gasteiger partial charge in [0.1, 0.15) is 0 Å². The zero-order chi connectivity index (χ0) is 22.4. The molecule has 0 unspecified atom stereocenters. The summed E-state index contributed by atoms with van der Waals surface area (Å²) in [5.74, 6) is 0.755. The summed E-state index contributed by atoms with van der Waals surface area (Å²) in [6, 6.07) is 13.8. The van der Waals surface area contributed by atoms with Crippen molar-refractivity contribution in [1.29, 1.82) is 0 Å². The van der Waals surface area contributed by atoms with Gasteiger partial charge in [0.05, 0.1) is 21.8 Å². The van der Waals surface area contributed by atoms with Crippen LogP contribution in [0.15, 0.2) is 64.0 Å². The van der Waals surface area contributed by atoms with Crippen molar-refractivity contribution in [2.45, 2.75) is 31.6 Å². The number of anilines is 1. The van der Waals surface area contributed by atoms with E-state index in [1.54, 1.807) is 20.0 Å². The number of amides is 1. The topological polar surface area (TPSA) is 92.5 Å². The molecule has 31 heavy (non-hydrogen) atoms. The number of aryl methyl sites for hydroxylation is 1. The lowest BCUT2D eigenvalue weighted by Gasteiger charge is -2.19. The van der Waals surface area contributed by atoms with E-state index in [-0.39, 0.29) is 27.9 Å². The molecule has 1 aromatic heterocycles.